The summed E-state index contributed by atoms with van der Waals surface area (Å²) >= 11 is 0. The molecular formula is C20H24Cl2F3N3O. The highest BCUT2D eigenvalue weighted by molar-refractivity contribution is 5.85. The van der Waals surface area contributed by atoms with E-state index in [4.69, 9.17) is 5.73 Å². The largest absolute Gasteiger partial charge is 0.416 e. The summed E-state index contributed by atoms with van der Waals surface area (Å²) in [5.74, 6) is -0.123. The van der Waals surface area contributed by atoms with Crippen LogP contribution >= 0.6 is 24.8 Å². The van der Waals surface area contributed by atoms with E-state index in [1.54, 1.807) is 11.0 Å². The van der Waals surface area contributed by atoms with Gasteiger partial charge in [-0.3, -0.25) is 4.79 Å². The van der Waals surface area contributed by atoms with E-state index >= 15 is 0 Å². The minimum absolute atomic E-state index is 0. The molecule has 0 aliphatic carbocycles. The number of nitrogens with two attached hydrogens (primary N) is 1. The molecule has 1 atom stereocenters. The Hall–Kier alpha value is -1.96. The van der Waals surface area contributed by atoms with Crippen LogP contribution in [0, 0.1) is 0 Å². The van der Waals surface area contributed by atoms with Crippen molar-refractivity contribution in [3.05, 3.63) is 65.7 Å². The zero-order chi connectivity index (χ0) is 19.4. The van der Waals surface area contributed by atoms with Crippen LogP contribution in [0.1, 0.15) is 11.1 Å². The van der Waals surface area contributed by atoms with E-state index < -0.39 is 17.8 Å². The maximum Gasteiger partial charge on any atom is 0.416 e. The number of halogens is 5. The molecule has 1 saturated heterocycles. The molecule has 29 heavy (non-hydrogen) atoms. The molecule has 0 spiro atoms. The van der Waals surface area contributed by atoms with Gasteiger partial charge in [0.25, 0.3) is 0 Å². The average Bonchev–Trinajstić information content (AvgIpc) is 2.68. The second-order valence-corrected chi connectivity index (χ2v) is 6.66. The molecule has 1 aliphatic heterocycles. The lowest BCUT2D eigenvalue weighted by atomic mass is 10.1. The van der Waals surface area contributed by atoms with Gasteiger partial charge in [-0.05, 0) is 30.2 Å². The normalized spacial score (nSPS) is 15.2. The number of amides is 1. The van der Waals surface area contributed by atoms with Crippen LogP contribution in [-0.2, 0) is 17.4 Å². The van der Waals surface area contributed by atoms with Gasteiger partial charge in [0.1, 0.15) is 0 Å². The van der Waals surface area contributed by atoms with Gasteiger partial charge in [0.05, 0.1) is 11.6 Å². The van der Waals surface area contributed by atoms with Gasteiger partial charge < -0.3 is 15.5 Å². The first-order chi connectivity index (χ1) is 12.8. The molecule has 1 fully saturated rings. The summed E-state index contributed by atoms with van der Waals surface area (Å²) < 4.78 is 38.7. The molecule has 3 rings (SSSR count). The molecule has 0 radical (unpaired) electrons. The Labute approximate surface area is 180 Å². The van der Waals surface area contributed by atoms with Crippen molar-refractivity contribution < 1.29 is 18.0 Å². The molecule has 0 bridgehead atoms. The molecule has 0 saturated carbocycles. The van der Waals surface area contributed by atoms with E-state index in [1.807, 2.05) is 35.2 Å². The van der Waals surface area contributed by atoms with Crippen molar-refractivity contribution in [1.82, 2.24) is 4.90 Å². The van der Waals surface area contributed by atoms with Gasteiger partial charge in [0, 0.05) is 31.9 Å². The summed E-state index contributed by atoms with van der Waals surface area (Å²) in [6.07, 6.45) is -3.90. The van der Waals surface area contributed by atoms with Gasteiger partial charge >= 0.3 is 6.18 Å². The first kappa shape index (κ1) is 25.1. The lowest BCUT2D eigenvalue weighted by Gasteiger charge is -2.37. The zero-order valence-corrected chi connectivity index (χ0v) is 17.3. The van der Waals surface area contributed by atoms with E-state index in [-0.39, 0.29) is 30.7 Å². The lowest BCUT2D eigenvalue weighted by molar-refractivity contribution is -0.137. The van der Waals surface area contributed by atoms with Crippen molar-refractivity contribution in [2.45, 2.75) is 18.6 Å². The first-order valence-electron chi connectivity index (χ1n) is 8.85. The molecule has 0 aromatic heterocycles. The minimum atomic E-state index is -4.36. The molecule has 160 valence electrons. The fraction of sp³-hybridized carbons (Fsp3) is 0.350. The Morgan fingerprint density at radius 1 is 0.966 bits per heavy atom. The molecule has 1 aliphatic rings. The van der Waals surface area contributed by atoms with E-state index in [0.717, 1.165) is 17.7 Å². The number of nitrogens with zero attached hydrogens (tertiary/aromatic N) is 2. The Morgan fingerprint density at radius 2 is 1.59 bits per heavy atom. The van der Waals surface area contributed by atoms with Gasteiger partial charge in [-0.1, -0.05) is 36.4 Å². The molecule has 1 heterocycles. The molecule has 9 heteroatoms. The molecule has 1 amide bonds. The van der Waals surface area contributed by atoms with Crippen molar-refractivity contribution in [3.8, 4) is 0 Å². The highest BCUT2D eigenvalue weighted by atomic mass is 35.5. The fourth-order valence-corrected chi connectivity index (χ4v) is 3.25. The fourth-order valence-electron chi connectivity index (χ4n) is 3.25. The van der Waals surface area contributed by atoms with Crippen LogP contribution in [0.2, 0.25) is 0 Å². The summed E-state index contributed by atoms with van der Waals surface area (Å²) in [7, 11) is 0. The Morgan fingerprint density at radius 3 is 2.17 bits per heavy atom. The van der Waals surface area contributed by atoms with E-state index in [0.29, 0.717) is 38.3 Å². The van der Waals surface area contributed by atoms with Crippen LogP contribution < -0.4 is 10.6 Å². The SMILES string of the molecule is Cl.Cl.NC(Cc1ccccc1)C(=O)N1CCN(c2cccc(C(F)(F)F)c2)CC1. The number of hydrogen-bond acceptors (Lipinski definition) is 3. The number of benzene rings is 2. The predicted molar refractivity (Wildman–Crippen MR) is 113 cm³/mol. The van der Waals surface area contributed by atoms with Gasteiger partial charge in [0.2, 0.25) is 5.91 Å². The third-order valence-corrected chi connectivity index (χ3v) is 4.75. The molecule has 1 unspecified atom stereocenters. The van der Waals surface area contributed by atoms with Crippen molar-refractivity contribution in [2.24, 2.45) is 5.73 Å². The third-order valence-electron chi connectivity index (χ3n) is 4.75. The number of alkyl halides is 3. The van der Waals surface area contributed by atoms with E-state index in [9.17, 15) is 18.0 Å². The van der Waals surface area contributed by atoms with Crippen LogP contribution in [0.4, 0.5) is 18.9 Å². The second kappa shape index (κ2) is 10.7. The average molecular weight is 450 g/mol. The summed E-state index contributed by atoms with van der Waals surface area (Å²) in [5.41, 5.74) is 6.92. The number of carbonyl (C=O) groups excluding carboxylic acids is 1. The predicted octanol–water partition coefficient (Wildman–Crippen LogP) is 3.77. The molecule has 2 N–H and O–H groups in total. The monoisotopic (exact) mass is 449 g/mol. The van der Waals surface area contributed by atoms with Gasteiger partial charge in [-0.15, -0.1) is 24.8 Å². The molecule has 2 aromatic carbocycles. The van der Waals surface area contributed by atoms with Crippen LogP contribution in [0.5, 0.6) is 0 Å². The highest BCUT2D eigenvalue weighted by Gasteiger charge is 2.31. The number of anilines is 1. The van der Waals surface area contributed by atoms with Gasteiger partial charge in [0.15, 0.2) is 0 Å². The summed E-state index contributed by atoms with van der Waals surface area (Å²) in [6.45, 7) is 1.84. The van der Waals surface area contributed by atoms with Crippen LogP contribution in [0.15, 0.2) is 54.6 Å². The lowest BCUT2D eigenvalue weighted by Crippen LogP contribution is -2.53. The smallest absolute Gasteiger partial charge is 0.368 e. The van der Waals surface area contributed by atoms with Crippen molar-refractivity contribution in [2.75, 3.05) is 31.1 Å². The number of carbonyl (C=O) groups is 1. The molecule has 4 nitrogen and oxygen atoms in total. The maximum atomic E-state index is 12.9. The Bertz CT molecular complexity index is 782. The minimum Gasteiger partial charge on any atom is -0.368 e. The third kappa shape index (κ3) is 6.52. The summed E-state index contributed by atoms with van der Waals surface area (Å²) in [6, 6.07) is 14.2. The number of piperazine rings is 1. The standard InChI is InChI=1S/C20H22F3N3O.2ClH/c21-20(22,23)16-7-4-8-17(14-16)25-9-11-26(12-10-25)19(27)18(24)13-15-5-2-1-3-6-15;;/h1-8,14,18H,9-13,24H2;2*1H. The van der Waals surface area contributed by atoms with Crippen molar-refractivity contribution >= 4 is 36.4 Å². The summed E-state index contributed by atoms with van der Waals surface area (Å²) in [4.78, 5) is 16.1. The van der Waals surface area contributed by atoms with E-state index in [1.165, 1.54) is 6.07 Å². The summed E-state index contributed by atoms with van der Waals surface area (Å²) in [5, 5.41) is 0. The number of hydrogen-bond donors (Lipinski definition) is 1. The van der Waals surface area contributed by atoms with E-state index in [2.05, 4.69) is 0 Å². The van der Waals surface area contributed by atoms with Gasteiger partial charge in [-0.25, -0.2) is 0 Å². The highest BCUT2D eigenvalue weighted by Crippen LogP contribution is 2.31. The van der Waals surface area contributed by atoms with Crippen LogP contribution in [0.3, 0.4) is 0 Å². The van der Waals surface area contributed by atoms with Crippen molar-refractivity contribution in [1.29, 1.82) is 0 Å². The maximum absolute atomic E-state index is 12.9. The molecular weight excluding hydrogens is 426 g/mol. The molecule has 2 aromatic rings. The van der Waals surface area contributed by atoms with Crippen LogP contribution in [0.25, 0.3) is 0 Å². The Balaban J connectivity index is 0.00000210. The first-order valence-corrected chi connectivity index (χ1v) is 8.85. The zero-order valence-electron chi connectivity index (χ0n) is 15.6. The Kier molecular flexibility index (Phi) is 9.26. The number of rotatable bonds is 4. The van der Waals surface area contributed by atoms with Crippen LogP contribution in [-0.4, -0.2) is 43.0 Å². The van der Waals surface area contributed by atoms with Gasteiger partial charge in [-0.2, -0.15) is 13.2 Å². The van der Waals surface area contributed by atoms with Crippen molar-refractivity contribution in [3.63, 3.8) is 0 Å². The topological polar surface area (TPSA) is 49.6 Å². The second-order valence-electron chi connectivity index (χ2n) is 6.66. The quantitative estimate of drug-likeness (QED) is 0.772.